The van der Waals surface area contributed by atoms with Crippen LogP contribution in [-0.4, -0.2) is 83.0 Å². The highest BCUT2D eigenvalue weighted by atomic mass is 32.2. The van der Waals surface area contributed by atoms with Gasteiger partial charge in [-0.2, -0.15) is 0 Å². The summed E-state index contributed by atoms with van der Waals surface area (Å²) in [5, 5.41) is 6.57. The molecule has 4 rings (SSSR count). The van der Waals surface area contributed by atoms with Crippen LogP contribution in [0, 0.1) is 5.92 Å². The molecule has 0 bridgehead atoms. The van der Waals surface area contributed by atoms with Gasteiger partial charge in [-0.05, 0) is 69.7 Å². The van der Waals surface area contributed by atoms with E-state index in [1.54, 1.807) is 29.6 Å². The van der Waals surface area contributed by atoms with Crippen LogP contribution in [0.5, 0.6) is 11.5 Å². The van der Waals surface area contributed by atoms with Gasteiger partial charge in [0.15, 0.2) is 11.5 Å². The summed E-state index contributed by atoms with van der Waals surface area (Å²) < 4.78 is 44.1. The number of amides is 1. The van der Waals surface area contributed by atoms with Crippen molar-refractivity contribution in [1.29, 1.82) is 0 Å². The number of fused-ring (bicyclic) bond motifs is 1. The molecular formula is C24H37N3O6S. The lowest BCUT2D eigenvalue weighted by Gasteiger charge is -2.33. The molecule has 1 amide bonds. The minimum Gasteiger partial charge on any atom is -0.486 e. The van der Waals surface area contributed by atoms with E-state index in [1.165, 1.54) is 0 Å². The molecule has 9 nitrogen and oxygen atoms in total. The highest BCUT2D eigenvalue weighted by molar-refractivity contribution is 7.89. The molecule has 2 fully saturated rings. The number of carbonyl (C=O) groups excluding carboxylic acids is 1. The zero-order valence-electron chi connectivity index (χ0n) is 20.0. The van der Waals surface area contributed by atoms with Gasteiger partial charge in [-0.3, -0.25) is 4.79 Å². The molecule has 2 saturated heterocycles. The molecule has 3 aliphatic heterocycles. The first kappa shape index (κ1) is 25.2. The van der Waals surface area contributed by atoms with Crippen molar-refractivity contribution in [2.45, 2.75) is 50.7 Å². The zero-order chi connectivity index (χ0) is 24.0. The summed E-state index contributed by atoms with van der Waals surface area (Å²) in [7, 11) is -1.64. The fourth-order valence-corrected chi connectivity index (χ4v) is 6.69. The maximum Gasteiger partial charge on any atom is 0.255 e. The van der Waals surface area contributed by atoms with Crippen molar-refractivity contribution >= 4 is 15.9 Å². The van der Waals surface area contributed by atoms with Gasteiger partial charge >= 0.3 is 0 Å². The summed E-state index contributed by atoms with van der Waals surface area (Å²) in [5.74, 6) is 1.27. The zero-order valence-corrected chi connectivity index (χ0v) is 20.8. The quantitative estimate of drug-likeness (QED) is 0.538. The molecule has 1 atom stereocenters. The molecule has 3 aliphatic rings. The number of para-hydroxylation sites is 1. The Bertz CT molecular complexity index is 927. The van der Waals surface area contributed by atoms with Crippen molar-refractivity contribution in [1.82, 2.24) is 14.9 Å². The number of rotatable bonds is 9. The van der Waals surface area contributed by atoms with E-state index in [9.17, 15) is 13.2 Å². The van der Waals surface area contributed by atoms with Gasteiger partial charge in [0.2, 0.25) is 10.0 Å². The third-order valence-corrected chi connectivity index (χ3v) is 9.08. The Morgan fingerprint density at radius 3 is 2.65 bits per heavy atom. The number of nitrogens with one attached hydrogen (secondary N) is 2. The Morgan fingerprint density at radius 2 is 1.91 bits per heavy atom. The summed E-state index contributed by atoms with van der Waals surface area (Å²) >= 11 is 0. The third kappa shape index (κ3) is 6.21. The van der Waals surface area contributed by atoms with Crippen LogP contribution in [0.3, 0.4) is 0 Å². The Morgan fingerprint density at radius 1 is 1.18 bits per heavy atom. The molecule has 0 aromatic heterocycles. The lowest BCUT2D eigenvalue weighted by Crippen LogP contribution is -2.45. The molecule has 0 aliphatic carbocycles. The van der Waals surface area contributed by atoms with Gasteiger partial charge in [-0.25, -0.2) is 12.7 Å². The Balaban J connectivity index is 1.38. The predicted octanol–water partition coefficient (Wildman–Crippen LogP) is 1.78. The summed E-state index contributed by atoms with van der Waals surface area (Å²) in [5.41, 5.74) is 0.463. The van der Waals surface area contributed by atoms with Crippen molar-refractivity contribution in [2.75, 3.05) is 52.3 Å². The number of nitrogens with zero attached hydrogens (tertiary/aromatic N) is 1. The Labute approximate surface area is 202 Å². The first-order valence-electron chi connectivity index (χ1n) is 12.4. The number of ether oxygens (including phenoxy) is 3. The molecule has 0 spiro atoms. The van der Waals surface area contributed by atoms with Crippen molar-refractivity contribution < 1.29 is 27.4 Å². The van der Waals surface area contributed by atoms with E-state index in [0.717, 1.165) is 38.8 Å². The summed E-state index contributed by atoms with van der Waals surface area (Å²) in [6.45, 7) is 3.71. The second-order valence-electron chi connectivity index (χ2n) is 9.29. The molecule has 0 radical (unpaired) electrons. The first-order chi connectivity index (χ1) is 16.5. The van der Waals surface area contributed by atoms with Crippen molar-refractivity contribution in [2.24, 2.45) is 5.92 Å². The topological polar surface area (TPSA) is 106 Å². The Hall–Kier alpha value is -1.88. The SMILES string of the molecule is COC1CCN(S(=O)(=O)CCCC(NC(=O)c2cccc3c2OCCO3)C2CCNCC2)CC1. The number of hydrogen-bond acceptors (Lipinski definition) is 7. The monoisotopic (exact) mass is 495 g/mol. The minimum absolute atomic E-state index is 0.0932. The van der Waals surface area contributed by atoms with Gasteiger partial charge in [-0.1, -0.05) is 6.07 Å². The van der Waals surface area contributed by atoms with Gasteiger partial charge in [-0.15, -0.1) is 0 Å². The van der Waals surface area contributed by atoms with Crippen LogP contribution >= 0.6 is 0 Å². The average molecular weight is 496 g/mol. The molecule has 190 valence electrons. The van der Waals surface area contributed by atoms with E-state index in [1.807, 2.05) is 0 Å². The highest BCUT2D eigenvalue weighted by Crippen LogP contribution is 2.34. The lowest BCUT2D eigenvalue weighted by atomic mass is 9.87. The number of methoxy groups -OCH3 is 1. The van der Waals surface area contributed by atoms with Gasteiger partial charge in [0, 0.05) is 26.2 Å². The smallest absolute Gasteiger partial charge is 0.255 e. The Kier molecular flexibility index (Phi) is 8.68. The second kappa shape index (κ2) is 11.7. The fourth-order valence-electron chi connectivity index (χ4n) is 5.13. The molecule has 1 unspecified atom stereocenters. The van der Waals surface area contributed by atoms with Crippen molar-refractivity contribution in [3.05, 3.63) is 23.8 Å². The summed E-state index contributed by atoms with van der Waals surface area (Å²) in [4.78, 5) is 13.2. The lowest BCUT2D eigenvalue weighted by molar-refractivity contribution is 0.0604. The van der Waals surface area contributed by atoms with Crippen LogP contribution in [0.4, 0.5) is 0 Å². The normalized spacial score (nSPS) is 21.2. The molecule has 34 heavy (non-hydrogen) atoms. The summed E-state index contributed by atoms with van der Waals surface area (Å²) in [6.07, 6.45) is 4.64. The molecular weight excluding hydrogens is 458 g/mol. The van der Waals surface area contributed by atoms with E-state index >= 15 is 0 Å². The van der Waals surface area contributed by atoms with Gasteiger partial charge < -0.3 is 24.8 Å². The van der Waals surface area contributed by atoms with Crippen LogP contribution in [0.15, 0.2) is 18.2 Å². The largest absolute Gasteiger partial charge is 0.486 e. The number of hydrogen-bond donors (Lipinski definition) is 2. The second-order valence-corrected chi connectivity index (χ2v) is 11.4. The van der Waals surface area contributed by atoms with Crippen molar-refractivity contribution in [3.8, 4) is 11.5 Å². The highest BCUT2D eigenvalue weighted by Gasteiger charge is 2.30. The van der Waals surface area contributed by atoms with Gasteiger partial charge in [0.05, 0.1) is 17.4 Å². The molecule has 1 aromatic carbocycles. The number of benzene rings is 1. The molecule has 0 saturated carbocycles. The first-order valence-corrected chi connectivity index (χ1v) is 14.0. The van der Waals surface area contributed by atoms with E-state index in [0.29, 0.717) is 62.1 Å². The van der Waals surface area contributed by atoms with Gasteiger partial charge in [0.1, 0.15) is 13.2 Å². The number of piperidine rings is 2. The van der Waals surface area contributed by atoms with E-state index in [-0.39, 0.29) is 23.8 Å². The maximum absolute atomic E-state index is 13.2. The summed E-state index contributed by atoms with van der Waals surface area (Å²) in [6, 6.07) is 5.25. The van der Waals surface area contributed by atoms with E-state index in [4.69, 9.17) is 14.2 Å². The predicted molar refractivity (Wildman–Crippen MR) is 129 cm³/mol. The van der Waals surface area contributed by atoms with Crippen LogP contribution in [0.2, 0.25) is 0 Å². The molecule has 3 heterocycles. The average Bonchev–Trinajstić information content (AvgIpc) is 2.88. The van der Waals surface area contributed by atoms with E-state index < -0.39 is 10.0 Å². The molecule has 1 aromatic rings. The van der Waals surface area contributed by atoms with Crippen LogP contribution in [0.25, 0.3) is 0 Å². The maximum atomic E-state index is 13.2. The van der Waals surface area contributed by atoms with Crippen LogP contribution in [0.1, 0.15) is 48.9 Å². The van der Waals surface area contributed by atoms with Crippen molar-refractivity contribution in [3.63, 3.8) is 0 Å². The van der Waals surface area contributed by atoms with E-state index in [2.05, 4.69) is 10.6 Å². The number of sulfonamides is 1. The third-order valence-electron chi connectivity index (χ3n) is 7.13. The van der Waals surface area contributed by atoms with Crippen LogP contribution in [-0.2, 0) is 14.8 Å². The standard InChI is InChI=1S/C24H37N3O6S/c1-31-19-9-13-27(14-10-19)34(29,30)17-3-5-21(18-7-11-25-12-8-18)26-24(28)20-4-2-6-22-23(20)33-16-15-32-22/h2,4,6,18-19,21,25H,3,5,7-17H2,1H3,(H,26,28). The van der Waals surface area contributed by atoms with Crippen LogP contribution < -0.4 is 20.1 Å². The molecule has 2 N–H and O–H groups in total. The minimum atomic E-state index is -3.32. The van der Waals surface area contributed by atoms with Gasteiger partial charge in [0.25, 0.3) is 5.91 Å². The molecule has 10 heteroatoms. The fraction of sp³-hybridized carbons (Fsp3) is 0.708. The number of carbonyl (C=O) groups is 1.